The minimum absolute atomic E-state index is 0.0554. The number of furan rings is 1. The molecule has 0 unspecified atom stereocenters. The molecule has 0 radical (unpaired) electrons. The summed E-state index contributed by atoms with van der Waals surface area (Å²) in [5, 5.41) is 14.0. The van der Waals surface area contributed by atoms with Gasteiger partial charge in [-0.1, -0.05) is 32.0 Å². The van der Waals surface area contributed by atoms with E-state index in [4.69, 9.17) is 9.15 Å². The molecule has 2 aromatic rings. The van der Waals surface area contributed by atoms with Crippen molar-refractivity contribution in [2.45, 2.75) is 58.8 Å². The van der Waals surface area contributed by atoms with Gasteiger partial charge in [0.05, 0.1) is 18.3 Å². The van der Waals surface area contributed by atoms with Crippen molar-refractivity contribution in [1.82, 2.24) is 5.32 Å². The Morgan fingerprint density at radius 2 is 1.96 bits per heavy atom. The molecule has 0 spiro atoms. The number of amides is 1. The first-order valence-corrected chi connectivity index (χ1v) is 8.52. The highest BCUT2D eigenvalue weighted by molar-refractivity contribution is 5.99. The van der Waals surface area contributed by atoms with E-state index in [-0.39, 0.29) is 24.3 Å². The van der Waals surface area contributed by atoms with Crippen LogP contribution in [0.1, 0.15) is 56.7 Å². The molecule has 0 aliphatic heterocycles. The van der Waals surface area contributed by atoms with Crippen molar-refractivity contribution in [2.24, 2.45) is 0 Å². The largest absolute Gasteiger partial charge is 0.451 e. The minimum atomic E-state index is -0.893. The molecular formula is C19H27NO4. The highest BCUT2D eigenvalue weighted by Gasteiger charge is 2.26. The van der Waals surface area contributed by atoms with E-state index in [9.17, 15) is 9.90 Å². The average molecular weight is 333 g/mol. The Balaban J connectivity index is 2.26. The van der Waals surface area contributed by atoms with Crippen molar-refractivity contribution in [2.75, 3.05) is 6.54 Å². The monoisotopic (exact) mass is 333 g/mol. The van der Waals surface area contributed by atoms with Crippen molar-refractivity contribution in [1.29, 1.82) is 0 Å². The number of carbonyl (C=O) groups is 1. The van der Waals surface area contributed by atoms with Crippen molar-refractivity contribution in [3.8, 4) is 0 Å². The molecule has 132 valence electrons. The summed E-state index contributed by atoms with van der Waals surface area (Å²) in [4.78, 5) is 12.6. The lowest BCUT2D eigenvalue weighted by molar-refractivity contribution is 0.0308. The summed E-state index contributed by atoms with van der Waals surface area (Å²) < 4.78 is 11.4. The second kappa shape index (κ2) is 7.81. The zero-order valence-corrected chi connectivity index (χ0v) is 14.9. The first-order chi connectivity index (χ1) is 11.4. The molecule has 24 heavy (non-hydrogen) atoms. The van der Waals surface area contributed by atoms with Crippen LogP contribution >= 0.6 is 0 Å². The third-order valence-electron chi connectivity index (χ3n) is 4.36. The molecule has 2 rings (SSSR count). The molecule has 0 fully saturated rings. The van der Waals surface area contributed by atoms with Gasteiger partial charge in [-0.2, -0.15) is 0 Å². The van der Waals surface area contributed by atoms with E-state index < -0.39 is 5.60 Å². The quantitative estimate of drug-likeness (QED) is 0.774. The predicted molar refractivity (Wildman–Crippen MR) is 94.0 cm³/mol. The van der Waals surface area contributed by atoms with Gasteiger partial charge in [-0.25, -0.2) is 0 Å². The Kier molecular flexibility index (Phi) is 6.02. The standard InChI is InChI=1S/C19H27NO4/c1-5-19(22,6-2)12-20-18(21)17-15(11-23-13(3)4)14-9-7-8-10-16(14)24-17/h7-10,13,22H,5-6,11-12H2,1-4H3,(H,20,21). The van der Waals surface area contributed by atoms with Gasteiger partial charge < -0.3 is 19.6 Å². The van der Waals surface area contributed by atoms with Crippen LogP contribution in [-0.2, 0) is 11.3 Å². The fourth-order valence-corrected chi connectivity index (χ4v) is 2.50. The summed E-state index contributed by atoms with van der Waals surface area (Å²) in [5.74, 6) is -0.0692. The van der Waals surface area contributed by atoms with Crippen molar-refractivity contribution < 1.29 is 19.1 Å². The van der Waals surface area contributed by atoms with Gasteiger partial charge in [0.25, 0.3) is 5.91 Å². The predicted octanol–water partition coefficient (Wildman–Crippen LogP) is 3.64. The second-order valence-corrected chi connectivity index (χ2v) is 6.38. The number of benzene rings is 1. The topological polar surface area (TPSA) is 71.7 Å². The van der Waals surface area contributed by atoms with Crippen LogP contribution in [0.25, 0.3) is 11.0 Å². The summed E-state index contributed by atoms with van der Waals surface area (Å²) in [6.45, 7) is 8.20. The lowest BCUT2D eigenvalue weighted by Crippen LogP contribution is -2.42. The van der Waals surface area contributed by atoms with Gasteiger partial charge in [0.1, 0.15) is 5.58 Å². The third-order valence-corrected chi connectivity index (χ3v) is 4.36. The highest BCUT2D eigenvalue weighted by Crippen LogP contribution is 2.27. The van der Waals surface area contributed by atoms with Crippen molar-refractivity contribution in [3.63, 3.8) is 0 Å². The van der Waals surface area contributed by atoms with Crippen LogP contribution in [-0.4, -0.2) is 29.3 Å². The van der Waals surface area contributed by atoms with Gasteiger partial charge in [-0.3, -0.25) is 4.79 Å². The van der Waals surface area contributed by atoms with E-state index >= 15 is 0 Å². The first-order valence-electron chi connectivity index (χ1n) is 8.52. The van der Waals surface area contributed by atoms with Gasteiger partial charge >= 0.3 is 0 Å². The molecule has 5 nitrogen and oxygen atoms in total. The fraction of sp³-hybridized carbons (Fsp3) is 0.526. The van der Waals surface area contributed by atoms with Gasteiger partial charge in [-0.15, -0.1) is 0 Å². The molecule has 0 aliphatic carbocycles. The summed E-state index contributed by atoms with van der Waals surface area (Å²) in [7, 11) is 0. The lowest BCUT2D eigenvalue weighted by Gasteiger charge is -2.25. The molecule has 5 heteroatoms. The molecule has 0 atom stereocenters. The SMILES string of the molecule is CCC(O)(CC)CNC(=O)c1oc2ccccc2c1COC(C)C. The van der Waals surface area contributed by atoms with Crippen LogP contribution in [0, 0.1) is 0 Å². The number of hydrogen-bond acceptors (Lipinski definition) is 4. The first kappa shape index (κ1) is 18.5. The maximum Gasteiger partial charge on any atom is 0.287 e. The normalized spacial score (nSPS) is 12.1. The van der Waals surface area contributed by atoms with Gasteiger partial charge in [-0.05, 0) is 32.8 Å². The number of fused-ring (bicyclic) bond motifs is 1. The molecule has 1 aromatic carbocycles. The van der Waals surface area contributed by atoms with Crippen molar-refractivity contribution >= 4 is 16.9 Å². The van der Waals surface area contributed by atoms with E-state index in [1.54, 1.807) is 0 Å². The molecule has 0 saturated carbocycles. The third kappa shape index (κ3) is 4.16. The summed E-state index contributed by atoms with van der Waals surface area (Å²) in [5.41, 5.74) is 0.510. The van der Waals surface area contributed by atoms with Crippen LogP contribution in [0.5, 0.6) is 0 Å². The maximum absolute atomic E-state index is 12.6. The van der Waals surface area contributed by atoms with E-state index in [2.05, 4.69) is 5.32 Å². The smallest absolute Gasteiger partial charge is 0.287 e. The van der Waals surface area contributed by atoms with Crippen LogP contribution in [0.2, 0.25) is 0 Å². The Morgan fingerprint density at radius 3 is 2.58 bits per heavy atom. The Labute approximate surface area is 143 Å². The number of rotatable bonds is 8. The molecule has 1 heterocycles. The average Bonchev–Trinajstić information content (AvgIpc) is 2.96. The van der Waals surface area contributed by atoms with E-state index in [1.807, 2.05) is 52.0 Å². The summed E-state index contributed by atoms with van der Waals surface area (Å²) in [6, 6.07) is 7.53. The van der Waals surface area contributed by atoms with E-state index in [0.29, 0.717) is 25.0 Å². The summed E-state index contributed by atoms with van der Waals surface area (Å²) >= 11 is 0. The maximum atomic E-state index is 12.6. The molecule has 0 saturated heterocycles. The summed E-state index contributed by atoms with van der Waals surface area (Å²) in [6.07, 6.45) is 1.21. The number of aliphatic hydroxyl groups is 1. The number of para-hydroxylation sites is 1. The second-order valence-electron chi connectivity index (χ2n) is 6.38. The molecule has 2 N–H and O–H groups in total. The van der Waals surface area contributed by atoms with Crippen LogP contribution in [0.15, 0.2) is 28.7 Å². The fourth-order valence-electron chi connectivity index (χ4n) is 2.50. The molecular weight excluding hydrogens is 306 g/mol. The Morgan fingerprint density at radius 1 is 1.29 bits per heavy atom. The molecule has 0 aliphatic rings. The zero-order chi connectivity index (χ0) is 17.7. The lowest BCUT2D eigenvalue weighted by atomic mass is 9.97. The van der Waals surface area contributed by atoms with Crippen LogP contribution in [0.4, 0.5) is 0 Å². The van der Waals surface area contributed by atoms with Crippen LogP contribution < -0.4 is 5.32 Å². The Hall–Kier alpha value is -1.85. The highest BCUT2D eigenvalue weighted by atomic mass is 16.5. The van der Waals surface area contributed by atoms with Gasteiger partial charge in [0, 0.05) is 17.5 Å². The van der Waals surface area contributed by atoms with Crippen LogP contribution in [0.3, 0.4) is 0 Å². The van der Waals surface area contributed by atoms with Gasteiger partial charge in [0.15, 0.2) is 5.76 Å². The molecule has 1 aromatic heterocycles. The number of hydrogen-bond donors (Lipinski definition) is 2. The minimum Gasteiger partial charge on any atom is -0.451 e. The Bertz CT molecular complexity index is 686. The number of nitrogens with one attached hydrogen (secondary N) is 1. The van der Waals surface area contributed by atoms with Crippen molar-refractivity contribution in [3.05, 3.63) is 35.6 Å². The number of ether oxygens (including phenoxy) is 1. The molecule has 0 bridgehead atoms. The zero-order valence-electron chi connectivity index (χ0n) is 14.9. The molecule has 1 amide bonds. The van der Waals surface area contributed by atoms with Gasteiger partial charge in [0.2, 0.25) is 0 Å². The van der Waals surface area contributed by atoms with E-state index in [1.165, 1.54) is 0 Å². The number of carbonyl (C=O) groups excluding carboxylic acids is 1. The van der Waals surface area contributed by atoms with E-state index in [0.717, 1.165) is 10.9 Å².